The van der Waals surface area contributed by atoms with Crippen molar-refractivity contribution in [3.8, 4) is 23.4 Å². The van der Waals surface area contributed by atoms with E-state index in [4.69, 9.17) is 9.47 Å². The fourth-order valence-corrected chi connectivity index (χ4v) is 3.63. The van der Waals surface area contributed by atoms with Crippen LogP contribution in [0.1, 0.15) is 41.4 Å². The zero-order valence-corrected chi connectivity index (χ0v) is 17.0. The highest BCUT2D eigenvalue weighted by Crippen LogP contribution is 2.31. The van der Waals surface area contributed by atoms with Crippen molar-refractivity contribution in [2.24, 2.45) is 0 Å². The van der Waals surface area contributed by atoms with Gasteiger partial charge in [-0.2, -0.15) is 9.78 Å². The van der Waals surface area contributed by atoms with Gasteiger partial charge in [0.15, 0.2) is 5.69 Å². The van der Waals surface area contributed by atoms with Crippen molar-refractivity contribution < 1.29 is 24.2 Å². The van der Waals surface area contributed by atoms with Gasteiger partial charge < -0.3 is 19.5 Å². The van der Waals surface area contributed by atoms with Gasteiger partial charge in [-0.3, -0.25) is 4.79 Å². The van der Waals surface area contributed by atoms with Gasteiger partial charge in [0.25, 0.3) is 5.91 Å². The lowest BCUT2D eigenvalue weighted by Gasteiger charge is -2.15. The Kier molecular flexibility index (Phi) is 5.22. The molecule has 3 heterocycles. The summed E-state index contributed by atoms with van der Waals surface area (Å²) >= 11 is 0. The van der Waals surface area contributed by atoms with Gasteiger partial charge in [-0.15, -0.1) is 0 Å². The lowest BCUT2D eigenvalue weighted by Crippen LogP contribution is -2.37. The largest absolute Gasteiger partial charge is 0.477 e. The van der Waals surface area contributed by atoms with Crippen LogP contribution in [0.25, 0.3) is 5.69 Å². The summed E-state index contributed by atoms with van der Waals surface area (Å²) in [6, 6.07) is 7.19. The summed E-state index contributed by atoms with van der Waals surface area (Å²) in [6.45, 7) is 3.03. The van der Waals surface area contributed by atoms with Crippen LogP contribution in [0.3, 0.4) is 0 Å². The number of hydrogen-bond acceptors (Lipinski definition) is 6. The van der Waals surface area contributed by atoms with Gasteiger partial charge in [0.1, 0.15) is 0 Å². The van der Waals surface area contributed by atoms with Gasteiger partial charge in [0, 0.05) is 31.1 Å². The quantitative estimate of drug-likeness (QED) is 0.607. The van der Waals surface area contributed by atoms with Gasteiger partial charge in [0.2, 0.25) is 11.5 Å². The minimum Gasteiger partial charge on any atom is -0.477 e. The minimum absolute atomic E-state index is 0.261. The van der Waals surface area contributed by atoms with E-state index in [1.165, 1.54) is 4.90 Å². The number of esters is 1. The second-order valence-electron chi connectivity index (χ2n) is 7.35. The molecule has 0 bridgehead atoms. The smallest absolute Gasteiger partial charge is 0.359 e. The molecule has 8 nitrogen and oxygen atoms in total. The predicted octanol–water partition coefficient (Wildman–Crippen LogP) is 1.32. The molecule has 2 aliphatic rings. The lowest BCUT2D eigenvalue weighted by molar-refractivity contribution is -0.137. The van der Waals surface area contributed by atoms with E-state index in [0.29, 0.717) is 36.7 Å². The lowest BCUT2D eigenvalue weighted by atomic mass is 10.0. The van der Waals surface area contributed by atoms with Crippen LogP contribution in [0.5, 0.6) is 5.88 Å². The first-order valence-corrected chi connectivity index (χ1v) is 9.96. The van der Waals surface area contributed by atoms with E-state index in [1.807, 2.05) is 6.07 Å². The monoisotopic (exact) mass is 409 g/mol. The Labute approximate surface area is 174 Å². The van der Waals surface area contributed by atoms with Gasteiger partial charge in [-0.05, 0) is 38.0 Å². The number of carbonyl (C=O) groups is 2. The zero-order chi connectivity index (χ0) is 21.3. The van der Waals surface area contributed by atoms with Gasteiger partial charge in [-0.1, -0.05) is 17.9 Å². The van der Waals surface area contributed by atoms with Crippen LogP contribution >= 0.6 is 0 Å². The highest BCUT2D eigenvalue weighted by Gasteiger charge is 2.42. The third kappa shape index (κ3) is 3.53. The van der Waals surface area contributed by atoms with Crippen LogP contribution in [0.4, 0.5) is 0 Å². The zero-order valence-electron chi connectivity index (χ0n) is 17.0. The van der Waals surface area contributed by atoms with Crippen LogP contribution in [-0.2, 0) is 16.0 Å². The first-order valence-electron chi connectivity index (χ1n) is 9.96. The molecule has 30 heavy (non-hydrogen) atoms. The predicted molar refractivity (Wildman–Crippen MR) is 107 cm³/mol. The Bertz CT molecular complexity index is 1060. The fourth-order valence-electron chi connectivity index (χ4n) is 3.63. The van der Waals surface area contributed by atoms with E-state index < -0.39 is 11.6 Å². The first-order chi connectivity index (χ1) is 14.4. The fraction of sp³-hybridized carbons (Fsp3) is 0.409. The number of likely N-dealkylation sites (tertiary alicyclic amines) is 1. The van der Waals surface area contributed by atoms with Gasteiger partial charge >= 0.3 is 5.97 Å². The highest BCUT2D eigenvalue weighted by molar-refractivity contribution is 5.91. The highest BCUT2D eigenvalue weighted by atomic mass is 16.5. The molecule has 1 saturated heterocycles. The van der Waals surface area contributed by atoms with Crippen molar-refractivity contribution in [1.82, 2.24) is 14.7 Å². The molecule has 2 aliphatic heterocycles. The second-order valence-corrected chi connectivity index (χ2v) is 7.35. The Morgan fingerprint density at radius 1 is 1.43 bits per heavy atom. The Balaban J connectivity index is 1.69. The average molecular weight is 409 g/mol. The summed E-state index contributed by atoms with van der Waals surface area (Å²) in [5.41, 5.74) is 0.621. The molecule has 0 aliphatic carbocycles. The molecule has 1 amide bonds. The molecule has 1 aromatic heterocycles. The molecule has 2 aromatic rings. The van der Waals surface area contributed by atoms with Gasteiger partial charge in [-0.25, -0.2) is 4.79 Å². The van der Waals surface area contributed by atoms with Crippen molar-refractivity contribution in [3.05, 3.63) is 41.1 Å². The molecule has 8 heteroatoms. The van der Waals surface area contributed by atoms with Crippen LogP contribution in [0.2, 0.25) is 0 Å². The van der Waals surface area contributed by atoms with Crippen molar-refractivity contribution >= 4 is 11.9 Å². The molecule has 1 fully saturated rings. The van der Waals surface area contributed by atoms with E-state index in [2.05, 4.69) is 16.9 Å². The van der Waals surface area contributed by atoms with Gasteiger partial charge in [0.05, 0.1) is 18.9 Å². The SMILES string of the molecule is CCOC(=O)c1nn(-c2cccc(C#CC3(O)CCN(C)C3=O)c2)c2c1CCCO2. The molecule has 1 atom stereocenters. The molecule has 1 aromatic carbocycles. The molecule has 0 spiro atoms. The summed E-state index contributed by atoms with van der Waals surface area (Å²) in [4.78, 5) is 25.9. The Morgan fingerprint density at radius 3 is 3.00 bits per heavy atom. The third-order valence-electron chi connectivity index (χ3n) is 5.23. The Morgan fingerprint density at radius 2 is 2.27 bits per heavy atom. The molecular formula is C22H23N3O5. The number of aromatic nitrogens is 2. The second kappa shape index (κ2) is 7.84. The number of fused-ring (bicyclic) bond motifs is 1. The Hall–Kier alpha value is -3.31. The summed E-state index contributed by atoms with van der Waals surface area (Å²) < 4.78 is 12.5. The third-order valence-corrected chi connectivity index (χ3v) is 5.23. The molecule has 0 saturated carbocycles. The molecular weight excluding hydrogens is 386 g/mol. The van der Waals surface area contributed by atoms with E-state index in [0.717, 1.165) is 12.0 Å². The summed E-state index contributed by atoms with van der Waals surface area (Å²) in [7, 11) is 1.64. The van der Waals surface area contributed by atoms with Crippen molar-refractivity contribution in [3.63, 3.8) is 0 Å². The van der Waals surface area contributed by atoms with Crippen LogP contribution < -0.4 is 4.74 Å². The number of likely N-dealkylation sites (N-methyl/N-ethyl adjacent to an activating group) is 1. The van der Waals surface area contributed by atoms with E-state index in [9.17, 15) is 14.7 Å². The minimum atomic E-state index is -1.66. The standard InChI is InChI=1S/C22H23N3O5/c1-3-29-20(26)18-17-8-5-13-30-19(17)25(23-18)16-7-4-6-15(14-16)9-10-22(28)11-12-24(2)21(22)27/h4,6-7,14,28H,3,5,8,11-13H2,1-2H3. The number of ether oxygens (including phenoxy) is 2. The van der Waals surface area contributed by atoms with E-state index >= 15 is 0 Å². The molecule has 4 rings (SSSR count). The number of rotatable bonds is 3. The topological polar surface area (TPSA) is 93.9 Å². The van der Waals surface area contributed by atoms with Crippen molar-refractivity contribution in [2.45, 2.75) is 31.8 Å². The number of nitrogens with zero attached hydrogens (tertiary/aromatic N) is 3. The summed E-state index contributed by atoms with van der Waals surface area (Å²) in [5.74, 6) is 5.28. The summed E-state index contributed by atoms with van der Waals surface area (Å²) in [6.07, 6.45) is 1.77. The van der Waals surface area contributed by atoms with Crippen molar-refractivity contribution in [1.29, 1.82) is 0 Å². The molecule has 1 N–H and O–H groups in total. The maximum atomic E-state index is 12.3. The van der Waals surface area contributed by atoms with Crippen LogP contribution in [-0.4, -0.2) is 64.1 Å². The van der Waals surface area contributed by atoms with E-state index in [1.54, 1.807) is 36.9 Å². The number of benzene rings is 1. The normalized spacial score (nSPS) is 20.2. The number of aliphatic hydroxyl groups is 1. The molecule has 1 unspecified atom stereocenters. The maximum Gasteiger partial charge on any atom is 0.359 e. The molecule has 0 radical (unpaired) electrons. The van der Waals surface area contributed by atoms with Crippen molar-refractivity contribution in [2.75, 3.05) is 26.8 Å². The first kappa shape index (κ1) is 20.0. The summed E-state index contributed by atoms with van der Waals surface area (Å²) in [5, 5.41) is 15.0. The van der Waals surface area contributed by atoms with E-state index in [-0.39, 0.29) is 24.6 Å². The maximum absolute atomic E-state index is 12.3. The number of hydrogen-bond donors (Lipinski definition) is 1. The average Bonchev–Trinajstić information content (AvgIpc) is 3.27. The van der Waals surface area contributed by atoms with Crippen LogP contribution in [0, 0.1) is 11.8 Å². The number of carbonyl (C=O) groups excluding carboxylic acids is 2. The molecule has 156 valence electrons. The van der Waals surface area contributed by atoms with Crippen LogP contribution in [0.15, 0.2) is 24.3 Å². The number of amides is 1.